The SMILES string of the molecule is CC(C)(C)c1cc(-c2nc(-c3ccnc(Cl)c3)nn2-c2ccc(S(=O)(=O)NC3CC3)cc2)on1. The van der Waals surface area contributed by atoms with E-state index in [1.807, 2.05) is 26.8 Å². The van der Waals surface area contributed by atoms with Crippen molar-refractivity contribution in [1.29, 1.82) is 0 Å². The molecule has 4 aromatic rings. The van der Waals surface area contributed by atoms with Crippen LogP contribution in [0, 0.1) is 0 Å². The summed E-state index contributed by atoms with van der Waals surface area (Å²) < 4.78 is 35.0. The molecule has 0 atom stereocenters. The van der Waals surface area contributed by atoms with Gasteiger partial charge in [0.1, 0.15) is 5.15 Å². The van der Waals surface area contributed by atoms with Crippen molar-refractivity contribution in [3.05, 3.63) is 59.5 Å². The molecular weight excluding hydrogens is 476 g/mol. The van der Waals surface area contributed by atoms with E-state index in [4.69, 9.17) is 16.1 Å². The molecule has 0 bridgehead atoms. The maximum Gasteiger partial charge on any atom is 0.240 e. The van der Waals surface area contributed by atoms with E-state index in [9.17, 15) is 8.42 Å². The van der Waals surface area contributed by atoms with Crippen LogP contribution in [0.15, 0.2) is 58.1 Å². The molecule has 1 N–H and O–H groups in total. The Balaban J connectivity index is 1.58. The molecule has 0 aliphatic heterocycles. The molecule has 1 aromatic carbocycles. The number of pyridine rings is 1. The average molecular weight is 499 g/mol. The molecule has 1 aliphatic rings. The summed E-state index contributed by atoms with van der Waals surface area (Å²) >= 11 is 6.06. The lowest BCUT2D eigenvalue weighted by molar-refractivity contribution is 0.400. The van der Waals surface area contributed by atoms with Gasteiger partial charge in [0, 0.05) is 29.3 Å². The first-order valence-corrected chi connectivity index (χ1v) is 12.7. The molecule has 3 aromatic heterocycles. The Kier molecular flexibility index (Phi) is 5.54. The number of hydrogen-bond donors (Lipinski definition) is 1. The van der Waals surface area contributed by atoms with Crippen LogP contribution in [0.3, 0.4) is 0 Å². The van der Waals surface area contributed by atoms with Gasteiger partial charge in [0.05, 0.1) is 16.3 Å². The summed E-state index contributed by atoms with van der Waals surface area (Å²) in [6.07, 6.45) is 3.32. The molecular formula is C23H23ClN6O3S. The van der Waals surface area contributed by atoms with Crippen LogP contribution in [0.2, 0.25) is 5.15 Å². The highest BCUT2D eigenvalue weighted by Gasteiger charge is 2.28. The summed E-state index contributed by atoms with van der Waals surface area (Å²) in [5, 5.41) is 9.18. The van der Waals surface area contributed by atoms with Crippen molar-refractivity contribution in [3.8, 4) is 28.7 Å². The smallest absolute Gasteiger partial charge is 0.240 e. The fourth-order valence-electron chi connectivity index (χ4n) is 3.30. The van der Waals surface area contributed by atoms with Gasteiger partial charge >= 0.3 is 0 Å². The van der Waals surface area contributed by atoms with Crippen LogP contribution < -0.4 is 4.72 Å². The highest BCUT2D eigenvalue weighted by molar-refractivity contribution is 7.89. The number of sulfonamides is 1. The Bertz CT molecular complexity index is 1450. The standard InChI is InChI=1S/C23H23ClN6O3S/c1-23(2,3)19-13-18(33-28-19)22-26-21(14-10-11-25-20(24)12-14)27-30(22)16-6-8-17(9-7-16)34(31,32)29-15-4-5-15/h6-13,15,29H,4-5H2,1-3H3. The number of halogens is 1. The van der Waals surface area contributed by atoms with E-state index in [-0.39, 0.29) is 16.4 Å². The lowest BCUT2D eigenvalue weighted by atomic mass is 9.92. The zero-order valence-corrected chi connectivity index (χ0v) is 20.4. The molecule has 11 heteroatoms. The van der Waals surface area contributed by atoms with Gasteiger partial charge < -0.3 is 4.52 Å². The normalized spacial score (nSPS) is 14.5. The Hall–Kier alpha value is -3.08. The average Bonchev–Trinajstić information content (AvgIpc) is 3.26. The number of nitrogens with one attached hydrogen (secondary N) is 1. The van der Waals surface area contributed by atoms with E-state index in [1.54, 1.807) is 47.3 Å². The molecule has 3 heterocycles. The van der Waals surface area contributed by atoms with Gasteiger partial charge in [-0.2, -0.15) is 0 Å². The minimum atomic E-state index is -3.56. The third kappa shape index (κ3) is 4.61. The molecule has 1 saturated carbocycles. The summed E-state index contributed by atoms with van der Waals surface area (Å²) in [6.45, 7) is 6.12. The Morgan fingerprint density at radius 3 is 2.47 bits per heavy atom. The van der Waals surface area contributed by atoms with E-state index in [0.29, 0.717) is 33.8 Å². The van der Waals surface area contributed by atoms with Gasteiger partial charge in [-0.05, 0) is 49.2 Å². The predicted molar refractivity (Wildman–Crippen MR) is 127 cm³/mol. The molecule has 0 saturated heterocycles. The maximum atomic E-state index is 12.5. The zero-order valence-electron chi connectivity index (χ0n) is 18.9. The van der Waals surface area contributed by atoms with Gasteiger partial charge in [0.2, 0.25) is 21.6 Å². The molecule has 176 valence electrons. The zero-order chi connectivity index (χ0) is 24.1. The molecule has 0 amide bonds. The van der Waals surface area contributed by atoms with Crippen molar-refractivity contribution in [1.82, 2.24) is 29.6 Å². The number of hydrogen-bond acceptors (Lipinski definition) is 7. The van der Waals surface area contributed by atoms with Crippen LogP contribution in [0.5, 0.6) is 0 Å². The summed E-state index contributed by atoms with van der Waals surface area (Å²) in [6, 6.07) is 11.8. The van der Waals surface area contributed by atoms with Crippen molar-refractivity contribution in [3.63, 3.8) is 0 Å². The first kappa shape index (κ1) is 22.7. The molecule has 9 nitrogen and oxygen atoms in total. The molecule has 5 rings (SSSR count). The van der Waals surface area contributed by atoms with Gasteiger partial charge in [0.25, 0.3) is 0 Å². The molecule has 0 radical (unpaired) electrons. The van der Waals surface area contributed by atoms with Crippen LogP contribution >= 0.6 is 11.6 Å². The minimum Gasteiger partial charge on any atom is -0.353 e. The second kappa shape index (κ2) is 8.30. The predicted octanol–water partition coefficient (Wildman–Crippen LogP) is 4.38. The van der Waals surface area contributed by atoms with Crippen molar-refractivity contribution >= 4 is 21.6 Å². The largest absolute Gasteiger partial charge is 0.353 e. The molecule has 0 spiro atoms. The lowest BCUT2D eigenvalue weighted by Crippen LogP contribution is -2.25. The minimum absolute atomic E-state index is 0.0322. The fourth-order valence-corrected chi connectivity index (χ4v) is 4.78. The van der Waals surface area contributed by atoms with Crippen molar-refractivity contribution in [2.24, 2.45) is 0 Å². The van der Waals surface area contributed by atoms with Crippen molar-refractivity contribution < 1.29 is 12.9 Å². The summed E-state index contributed by atoms with van der Waals surface area (Å²) in [5.74, 6) is 1.29. The van der Waals surface area contributed by atoms with Crippen LogP contribution in [0.25, 0.3) is 28.7 Å². The third-order valence-corrected chi connectivity index (χ3v) is 7.12. The number of aromatic nitrogens is 5. The van der Waals surface area contributed by atoms with E-state index >= 15 is 0 Å². The quantitative estimate of drug-likeness (QED) is 0.392. The molecule has 34 heavy (non-hydrogen) atoms. The molecule has 1 aliphatic carbocycles. The Morgan fingerprint density at radius 1 is 1.12 bits per heavy atom. The van der Waals surface area contributed by atoms with E-state index in [2.05, 4.69) is 24.9 Å². The van der Waals surface area contributed by atoms with Gasteiger partial charge in [-0.1, -0.05) is 37.5 Å². The van der Waals surface area contributed by atoms with Crippen molar-refractivity contribution in [2.75, 3.05) is 0 Å². The van der Waals surface area contributed by atoms with E-state index in [0.717, 1.165) is 18.5 Å². The van der Waals surface area contributed by atoms with Gasteiger partial charge in [-0.25, -0.2) is 27.8 Å². The molecule has 1 fully saturated rings. The van der Waals surface area contributed by atoms with Crippen LogP contribution in [0.4, 0.5) is 0 Å². The second-order valence-electron chi connectivity index (χ2n) is 9.25. The highest BCUT2D eigenvalue weighted by atomic mass is 35.5. The Labute approximate surface area is 202 Å². The Morgan fingerprint density at radius 2 is 1.85 bits per heavy atom. The first-order chi connectivity index (χ1) is 16.1. The monoisotopic (exact) mass is 498 g/mol. The van der Waals surface area contributed by atoms with Crippen LogP contribution in [-0.2, 0) is 15.4 Å². The van der Waals surface area contributed by atoms with Gasteiger partial charge in [-0.15, -0.1) is 5.10 Å². The second-order valence-corrected chi connectivity index (χ2v) is 11.4. The topological polar surface area (TPSA) is 116 Å². The van der Waals surface area contributed by atoms with Crippen LogP contribution in [-0.4, -0.2) is 39.4 Å². The maximum absolute atomic E-state index is 12.5. The first-order valence-electron chi connectivity index (χ1n) is 10.8. The molecule has 0 unspecified atom stereocenters. The third-order valence-electron chi connectivity index (χ3n) is 5.38. The van der Waals surface area contributed by atoms with Crippen molar-refractivity contribution in [2.45, 2.75) is 50.0 Å². The van der Waals surface area contributed by atoms with E-state index < -0.39 is 10.0 Å². The summed E-state index contributed by atoms with van der Waals surface area (Å²) in [7, 11) is -3.56. The number of nitrogens with zero attached hydrogens (tertiary/aromatic N) is 5. The summed E-state index contributed by atoms with van der Waals surface area (Å²) in [5.41, 5.74) is 1.87. The van der Waals surface area contributed by atoms with E-state index in [1.165, 1.54) is 0 Å². The fraction of sp³-hybridized carbons (Fsp3) is 0.304. The number of rotatable bonds is 6. The summed E-state index contributed by atoms with van der Waals surface area (Å²) in [4.78, 5) is 8.89. The highest BCUT2D eigenvalue weighted by Crippen LogP contribution is 2.30. The van der Waals surface area contributed by atoms with Gasteiger partial charge in [0.15, 0.2) is 5.82 Å². The van der Waals surface area contributed by atoms with Crippen LogP contribution in [0.1, 0.15) is 39.3 Å². The number of benzene rings is 1. The van der Waals surface area contributed by atoms with Gasteiger partial charge in [-0.3, -0.25) is 0 Å². The lowest BCUT2D eigenvalue weighted by Gasteiger charge is -2.12.